The highest BCUT2D eigenvalue weighted by Gasteiger charge is 2.35. The molecule has 0 radical (unpaired) electrons. The van der Waals surface area contributed by atoms with Crippen LogP contribution in [0.2, 0.25) is 0 Å². The zero-order valence-electron chi connectivity index (χ0n) is 19.8. The molecule has 2 aromatic carbocycles. The second-order valence-corrected chi connectivity index (χ2v) is 8.90. The normalized spacial score (nSPS) is 17.9. The predicted molar refractivity (Wildman–Crippen MR) is 130 cm³/mol. The van der Waals surface area contributed by atoms with Crippen molar-refractivity contribution >= 4 is 11.8 Å². The molecule has 0 spiro atoms. The molecule has 1 fully saturated rings. The summed E-state index contributed by atoms with van der Waals surface area (Å²) in [6.07, 6.45) is 4.40. The Morgan fingerprint density at radius 3 is 2.47 bits per heavy atom. The standard InChI is InChI=1S/C27H32N4O3/c1-21-28-14-16-30(21)20-27(33)31-15-13-25(34-24-11-7-4-8-12-24)23(19-31)17-26(32)29(2)18-22-9-5-3-6-10-22/h3-12,14,16,23,25H,13,15,17-20H2,1-2H3/t23-,25-/m0/s1. The largest absolute Gasteiger partial charge is 0.490 e. The van der Waals surface area contributed by atoms with Gasteiger partial charge in [0.15, 0.2) is 0 Å². The third kappa shape index (κ3) is 6.04. The highest BCUT2D eigenvalue weighted by atomic mass is 16.5. The Hall–Kier alpha value is -3.61. The number of carbonyl (C=O) groups is 2. The summed E-state index contributed by atoms with van der Waals surface area (Å²) >= 11 is 0. The number of likely N-dealkylation sites (tertiary alicyclic amines) is 1. The van der Waals surface area contributed by atoms with E-state index in [1.54, 1.807) is 11.1 Å². The van der Waals surface area contributed by atoms with Gasteiger partial charge in [0.05, 0.1) is 0 Å². The Balaban J connectivity index is 1.44. The van der Waals surface area contributed by atoms with Crippen molar-refractivity contribution in [3.63, 3.8) is 0 Å². The van der Waals surface area contributed by atoms with E-state index in [1.165, 1.54) is 0 Å². The van der Waals surface area contributed by atoms with E-state index < -0.39 is 0 Å². The van der Waals surface area contributed by atoms with E-state index in [0.717, 1.165) is 17.1 Å². The first-order chi connectivity index (χ1) is 16.5. The molecule has 0 N–H and O–H groups in total. The molecule has 4 rings (SSSR count). The van der Waals surface area contributed by atoms with Crippen LogP contribution in [0, 0.1) is 12.8 Å². The lowest BCUT2D eigenvalue weighted by atomic mass is 9.90. The molecule has 0 bridgehead atoms. The molecule has 34 heavy (non-hydrogen) atoms. The summed E-state index contributed by atoms with van der Waals surface area (Å²) in [6.45, 7) is 3.80. The predicted octanol–water partition coefficient (Wildman–Crippen LogP) is 3.54. The lowest BCUT2D eigenvalue weighted by Gasteiger charge is -2.39. The SMILES string of the molecule is Cc1nccn1CC(=O)N1CC[C@H](Oc2ccccc2)[C@@H](CC(=O)N(C)Cc2ccccc2)C1. The molecule has 7 nitrogen and oxygen atoms in total. The number of ether oxygens (including phenoxy) is 1. The van der Waals surface area contributed by atoms with Crippen molar-refractivity contribution in [2.45, 2.75) is 39.0 Å². The van der Waals surface area contributed by atoms with Gasteiger partial charge in [-0.3, -0.25) is 9.59 Å². The first-order valence-electron chi connectivity index (χ1n) is 11.7. The van der Waals surface area contributed by atoms with E-state index in [0.29, 0.717) is 32.5 Å². The summed E-state index contributed by atoms with van der Waals surface area (Å²) in [5.74, 6) is 1.60. The lowest BCUT2D eigenvalue weighted by Crippen LogP contribution is -2.50. The summed E-state index contributed by atoms with van der Waals surface area (Å²) in [6, 6.07) is 19.6. The van der Waals surface area contributed by atoms with Crippen LogP contribution in [0.15, 0.2) is 73.1 Å². The van der Waals surface area contributed by atoms with E-state index in [9.17, 15) is 9.59 Å². The highest BCUT2D eigenvalue weighted by molar-refractivity contribution is 5.78. The van der Waals surface area contributed by atoms with Crippen LogP contribution in [0.4, 0.5) is 0 Å². The quantitative estimate of drug-likeness (QED) is 0.516. The van der Waals surface area contributed by atoms with Crippen LogP contribution in [0.5, 0.6) is 5.75 Å². The van der Waals surface area contributed by atoms with Gasteiger partial charge < -0.3 is 19.1 Å². The van der Waals surface area contributed by atoms with Crippen molar-refractivity contribution in [1.29, 1.82) is 0 Å². The number of aryl methyl sites for hydroxylation is 1. The number of piperidine rings is 1. The number of benzene rings is 2. The van der Waals surface area contributed by atoms with Crippen LogP contribution in [0.1, 0.15) is 24.2 Å². The minimum atomic E-state index is -0.129. The molecule has 1 aromatic heterocycles. The zero-order valence-corrected chi connectivity index (χ0v) is 19.8. The third-order valence-corrected chi connectivity index (χ3v) is 6.40. The minimum Gasteiger partial charge on any atom is -0.490 e. The topological polar surface area (TPSA) is 67.7 Å². The molecule has 3 aromatic rings. The molecule has 2 atom stereocenters. The van der Waals surface area contributed by atoms with Gasteiger partial charge in [-0.25, -0.2) is 4.98 Å². The van der Waals surface area contributed by atoms with Gasteiger partial charge >= 0.3 is 0 Å². The number of para-hydroxylation sites is 1. The second-order valence-electron chi connectivity index (χ2n) is 8.90. The molecule has 7 heteroatoms. The van der Waals surface area contributed by atoms with Crippen LogP contribution in [-0.4, -0.2) is 57.4 Å². The van der Waals surface area contributed by atoms with Gasteiger partial charge in [0.2, 0.25) is 11.8 Å². The number of rotatable bonds is 8. The number of aromatic nitrogens is 2. The van der Waals surface area contributed by atoms with E-state index >= 15 is 0 Å². The molecule has 178 valence electrons. The van der Waals surface area contributed by atoms with Gasteiger partial charge in [-0.2, -0.15) is 0 Å². The summed E-state index contributed by atoms with van der Waals surface area (Å²) in [4.78, 5) is 34.0. The average Bonchev–Trinajstić information content (AvgIpc) is 3.25. The second kappa shape index (κ2) is 11.0. The maximum absolute atomic E-state index is 13.1. The number of nitrogens with zero attached hydrogens (tertiary/aromatic N) is 4. The number of hydrogen-bond acceptors (Lipinski definition) is 4. The van der Waals surface area contributed by atoms with Crippen molar-refractivity contribution in [3.8, 4) is 5.75 Å². The Morgan fingerprint density at radius 1 is 1.09 bits per heavy atom. The Labute approximate surface area is 201 Å². The molecule has 0 saturated carbocycles. The summed E-state index contributed by atoms with van der Waals surface area (Å²) in [7, 11) is 1.83. The summed E-state index contributed by atoms with van der Waals surface area (Å²) < 4.78 is 8.15. The van der Waals surface area contributed by atoms with Crippen LogP contribution in [0.25, 0.3) is 0 Å². The van der Waals surface area contributed by atoms with Crippen LogP contribution in [0.3, 0.4) is 0 Å². The average molecular weight is 461 g/mol. The molecule has 1 aliphatic heterocycles. The first kappa shape index (κ1) is 23.5. The fourth-order valence-corrected chi connectivity index (χ4v) is 4.40. The van der Waals surface area contributed by atoms with Crippen molar-refractivity contribution in [2.24, 2.45) is 5.92 Å². The van der Waals surface area contributed by atoms with E-state index in [2.05, 4.69) is 4.98 Å². The van der Waals surface area contributed by atoms with Crippen molar-refractivity contribution in [3.05, 3.63) is 84.4 Å². The summed E-state index contributed by atoms with van der Waals surface area (Å²) in [5, 5.41) is 0. The van der Waals surface area contributed by atoms with E-state index in [1.807, 2.05) is 90.3 Å². The lowest BCUT2D eigenvalue weighted by molar-refractivity contribution is -0.139. The van der Waals surface area contributed by atoms with Crippen molar-refractivity contribution < 1.29 is 14.3 Å². The number of carbonyl (C=O) groups excluding carboxylic acids is 2. The first-order valence-corrected chi connectivity index (χ1v) is 11.7. The van der Waals surface area contributed by atoms with Crippen LogP contribution < -0.4 is 4.74 Å². The van der Waals surface area contributed by atoms with Gasteiger partial charge in [0.1, 0.15) is 24.2 Å². The molecule has 0 unspecified atom stereocenters. The summed E-state index contributed by atoms with van der Waals surface area (Å²) in [5.41, 5.74) is 1.09. The van der Waals surface area contributed by atoms with Crippen molar-refractivity contribution in [1.82, 2.24) is 19.4 Å². The molecular formula is C27H32N4O3. The fraction of sp³-hybridized carbons (Fsp3) is 0.370. The Morgan fingerprint density at radius 2 is 1.79 bits per heavy atom. The Kier molecular flexibility index (Phi) is 7.62. The number of hydrogen-bond donors (Lipinski definition) is 0. The van der Waals surface area contributed by atoms with E-state index in [4.69, 9.17) is 4.74 Å². The minimum absolute atomic E-state index is 0.0364. The molecule has 1 saturated heterocycles. The molecule has 2 amide bonds. The van der Waals surface area contributed by atoms with Gasteiger partial charge in [0.25, 0.3) is 0 Å². The third-order valence-electron chi connectivity index (χ3n) is 6.40. The zero-order chi connectivity index (χ0) is 23.9. The monoisotopic (exact) mass is 460 g/mol. The van der Waals surface area contributed by atoms with Crippen molar-refractivity contribution in [2.75, 3.05) is 20.1 Å². The number of amides is 2. The van der Waals surface area contributed by atoms with Gasteiger partial charge in [-0.1, -0.05) is 48.5 Å². The molecule has 2 heterocycles. The Bertz CT molecular complexity index is 1080. The maximum atomic E-state index is 13.1. The van der Waals surface area contributed by atoms with Gasteiger partial charge in [-0.15, -0.1) is 0 Å². The molecule has 1 aliphatic rings. The molecule has 0 aliphatic carbocycles. The van der Waals surface area contributed by atoms with E-state index in [-0.39, 0.29) is 30.4 Å². The van der Waals surface area contributed by atoms with Gasteiger partial charge in [-0.05, 0) is 24.6 Å². The maximum Gasteiger partial charge on any atom is 0.242 e. The fourth-order valence-electron chi connectivity index (χ4n) is 4.40. The number of imidazole rings is 1. The van der Waals surface area contributed by atoms with Crippen LogP contribution >= 0.6 is 0 Å². The molecular weight excluding hydrogens is 428 g/mol. The van der Waals surface area contributed by atoms with Crippen LogP contribution in [-0.2, 0) is 22.7 Å². The van der Waals surface area contributed by atoms with Gasteiger partial charge in [0, 0.05) is 57.8 Å². The smallest absolute Gasteiger partial charge is 0.242 e. The highest BCUT2D eigenvalue weighted by Crippen LogP contribution is 2.27.